The monoisotopic (exact) mass is 436 g/mol. The molecule has 5 rings (SSSR count). The normalized spacial score (nSPS) is 19.7. The summed E-state index contributed by atoms with van der Waals surface area (Å²) in [7, 11) is -3.27. The summed E-state index contributed by atoms with van der Waals surface area (Å²) in [5, 5.41) is -0.200. The van der Waals surface area contributed by atoms with E-state index in [4.69, 9.17) is 0 Å². The van der Waals surface area contributed by atoms with Gasteiger partial charge in [-0.25, -0.2) is 13.4 Å². The van der Waals surface area contributed by atoms with Crippen LogP contribution in [-0.2, 0) is 29.5 Å². The minimum atomic E-state index is -3.27. The highest BCUT2D eigenvalue weighted by Gasteiger charge is 2.42. The van der Waals surface area contributed by atoms with Crippen molar-refractivity contribution in [2.45, 2.75) is 50.1 Å². The number of rotatable bonds is 7. The summed E-state index contributed by atoms with van der Waals surface area (Å²) < 4.78 is 28.2. The van der Waals surface area contributed by atoms with Gasteiger partial charge in [0, 0.05) is 31.0 Å². The first-order chi connectivity index (χ1) is 15.1. The van der Waals surface area contributed by atoms with Crippen LogP contribution in [0.2, 0.25) is 0 Å². The molecule has 1 N–H and O–H groups in total. The third-order valence-corrected chi connectivity index (χ3v) is 8.62. The van der Waals surface area contributed by atoms with Crippen molar-refractivity contribution in [3.05, 3.63) is 83.9 Å². The number of fused-ring (bicyclic) bond motifs is 1. The number of sulfonamides is 1. The Labute approximate surface area is 184 Å². The summed E-state index contributed by atoms with van der Waals surface area (Å²) >= 11 is 0. The van der Waals surface area contributed by atoms with E-state index in [1.807, 2.05) is 24.4 Å². The molecule has 31 heavy (non-hydrogen) atoms. The quantitative estimate of drug-likeness (QED) is 0.613. The van der Waals surface area contributed by atoms with E-state index in [1.54, 1.807) is 10.6 Å². The van der Waals surface area contributed by atoms with Crippen molar-refractivity contribution in [3.8, 4) is 0 Å². The molecule has 0 spiro atoms. The van der Waals surface area contributed by atoms with Crippen molar-refractivity contribution >= 4 is 15.7 Å². The summed E-state index contributed by atoms with van der Waals surface area (Å²) in [5.74, 6) is 0. The minimum absolute atomic E-state index is 0.0701. The van der Waals surface area contributed by atoms with Crippen molar-refractivity contribution in [2.24, 2.45) is 0 Å². The smallest absolute Gasteiger partial charge is 0.217 e. The lowest BCUT2D eigenvalue weighted by atomic mass is 10.0. The fraction of sp³-hybridized carbons (Fsp3) is 0.375. The number of nitrogens with zero attached hydrogens (tertiary/aromatic N) is 3. The van der Waals surface area contributed by atoms with Crippen LogP contribution in [0.15, 0.2) is 67.1 Å². The predicted molar refractivity (Wildman–Crippen MR) is 122 cm³/mol. The first-order valence-corrected chi connectivity index (χ1v) is 12.5. The van der Waals surface area contributed by atoms with Crippen LogP contribution in [0.3, 0.4) is 0 Å². The van der Waals surface area contributed by atoms with Gasteiger partial charge in [-0.2, -0.15) is 4.31 Å². The van der Waals surface area contributed by atoms with Gasteiger partial charge in [-0.1, -0.05) is 48.5 Å². The van der Waals surface area contributed by atoms with Gasteiger partial charge in [0.15, 0.2) is 0 Å². The van der Waals surface area contributed by atoms with Crippen LogP contribution < -0.4 is 4.90 Å². The van der Waals surface area contributed by atoms with Crippen molar-refractivity contribution < 1.29 is 8.42 Å². The van der Waals surface area contributed by atoms with Crippen molar-refractivity contribution in [1.29, 1.82) is 0 Å². The van der Waals surface area contributed by atoms with E-state index in [1.165, 1.54) is 5.56 Å². The Kier molecular flexibility index (Phi) is 5.54. The van der Waals surface area contributed by atoms with E-state index in [9.17, 15) is 8.42 Å². The van der Waals surface area contributed by atoms with Gasteiger partial charge in [-0.05, 0) is 42.9 Å². The Morgan fingerprint density at radius 3 is 2.55 bits per heavy atom. The van der Waals surface area contributed by atoms with Gasteiger partial charge in [0.05, 0.1) is 23.8 Å². The van der Waals surface area contributed by atoms with Crippen LogP contribution in [0.5, 0.6) is 0 Å². The minimum Gasteiger partial charge on any atom is -0.361 e. The summed E-state index contributed by atoms with van der Waals surface area (Å²) in [5.41, 5.74) is 4.48. The summed E-state index contributed by atoms with van der Waals surface area (Å²) in [4.78, 5) is 9.77. The number of aromatic nitrogens is 2. The first-order valence-electron chi connectivity index (χ1n) is 11.0. The lowest BCUT2D eigenvalue weighted by Crippen LogP contribution is -2.44. The molecule has 2 heterocycles. The highest BCUT2D eigenvalue weighted by atomic mass is 32.2. The number of benzene rings is 2. The molecule has 0 unspecified atom stereocenters. The second-order valence-electron chi connectivity index (χ2n) is 8.55. The molecule has 6 nitrogen and oxygen atoms in total. The molecule has 1 saturated carbocycles. The van der Waals surface area contributed by atoms with Gasteiger partial charge in [-0.3, -0.25) is 0 Å². The number of para-hydroxylation sites is 1. The van der Waals surface area contributed by atoms with Crippen molar-refractivity contribution in [2.75, 3.05) is 11.4 Å². The largest absolute Gasteiger partial charge is 0.361 e. The molecule has 0 saturated heterocycles. The summed E-state index contributed by atoms with van der Waals surface area (Å²) in [6.45, 7) is 1.62. The fourth-order valence-corrected chi connectivity index (χ4v) is 6.33. The van der Waals surface area contributed by atoms with E-state index in [2.05, 4.69) is 51.3 Å². The van der Waals surface area contributed by atoms with E-state index >= 15 is 0 Å². The Bertz CT molecular complexity index is 1110. The maximum absolute atomic E-state index is 13.2. The molecular formula is C24H28N4O2S. The second kappa shape index (κ2) is 8.48. The second-order valence-corrected chi connectivity index (χ2v) is 10.8. The molecule has 0 amide bonds. The number of aryl methyl sites for hydroxylation is 1. The van der Waals surface area contributed by atoms with Gasteiger partial charge >= 0.3 is 0 Å². The highest BCUT2D eigenvalue weighted by Crippen LogP contribution is 2.36. The van der Waals surface area contributed by atoms with Crippen LogP contribution in [-0.4, -0.2) is 40.5 Å². The van der Waals surface area contributed by atoms with Gasteiger partial charge in [-0.15, -0.1) is 0 Å². The van der Waals surface area contributed by atoms with Crippen LogP contribution in [0.25, 0.3) is 0 Å². The summed E-state index contributed by atoms with van der Waals surface area (Å²) in [6.07, 6.45) is 6.90. The molecule has 162 valence electrons. The highest BCUT2D eigenvalue weighted by molar-refractivity contribution is 7.90. The van der Waals surface area contributed by atoms with E-state index in [0.717, 1.165) is 42.6 Å². The molecule has 1 fully saturated rings. The molecule has 1 aliphatic heterocycles. The van der Waals surface area contributed by atoms with Crippen LogP contribution >= 0.6 is 0 Å². The zero-order valence-corrected chi connectivity index (χ0v) is 18.3. The van der Waals surface area contributed by atoms with E-state index < -0.39 is 10.0 Å². The molecule has 1 aromatic heterocycles. The Morgan fingerprint density at radius 2 is 1.81 bits per heavy atom. The zero-order valence-electron chi connectivity index (χ0n) is 17.5. The Balaban J connectivity index is 1.50. The Morgan fingerprint density at radius 1 is 1.03 bits per heavy atom. The maximum atomic E-state index is 13.2. The van der Waals surface area contributed by atoms with E-state index in [0.29, 0.717) is 19.6 Å². The van der Waals surface area contributed by atoms with Gasteiger partial charge < -0.3 is 9.88 Å². The molecule has 7 heteroatoms. The summed E-state index contributed by atoms with van der Waals surface area (Å²) in [6, 6.07) is 18.7. The van der Waals surface area contributed by atoms with Gasteiger partial charge in [0.25, 0.3) is 0 Å². The standard InChI is InChI=1S/C24H28N4O2S/c29-31(30,23-12-13-23)27-15-20-8-4-5-9-24(20)28(16-21-14-25-18-26-21)22(17-27)11-10-19-6-2-1-3-7-19/h1-9,14,18,22-23H,10-13,15-17H2,(H,25,26)/t22-/m1/s1. The van der Waals surface area contributed by atoms with E-state index in [-0.39, 0.29) is 11.3 Å². The third kappa shape index (κ3) is 4.38. The first kappa shape index (κ1) is 20.3. The predicted octanol–water partition coefficient (Wildman–Crippen LogP) is 3.73. The lowest BCUT2D eigenvalue weighted by molar-refractivity contribution is 0.369. The third-order valence-electron chi connectivity index (χ3n) is 6.31. The molecule has 1 aliphatic carbocycles. The lowest BCUT2D eigenvalue weighted by Gasteiger charge is -2.34. The molecule has 0 bridgehead atoms. The number of anilines is 1. The number of hydrogen-bond donors (Lipinski definition) is 1. The van der Waals surface area contributed by atoms with Crippen LogP contribution in [0, 0.1) is 0 Å². The fourth-order valence-electron chi connectivity index (χ4n) is 4.47. The zero-order chi connectivity index (χ0) is 21.3. The van der Waals surface area contributed by atoms with Gasteiger partial charge in [0.2, 0.25) is 10.0 Å². The number of hydrogen-bond acceptors (Lipinski definition) is 4. The number of H-pyrrole nitrogens is 1. The van der Waals surface area contributed by atoms with Gasteiger partial charge in [0.1, 0.15) is 0 Å². The maximum Gasteiger partial charge on any atom is 0.217 e. The molecular weight excluding hydrogens is 408 g/mol. The van der Waals surface area contributed by atoms with Crippen molar-refractivity contribution in [1.82, 2.24) is 14.3 Å². The number of imidazole rings is 1. The molecule has 1 atom stereocenters. The average Bonchev–Trinajstić information content (AvgIpc) is 3.55. The topological polar surface area (TPSA) is 69.3 Å². The SMILES string of the molecule is O=S(=O)(C1CC1)N1Cc2ccccc2N(Cc2cnc[nH]2)[C@H](CCc2ccccc2)C1. The molecule has 3 aromatic rings. The number of nitrogens with one attached hydrogen (secondary N) is 1. The van der Waals surface area contributed by atoms with Crippen LogP contribution in [0.4, 0.5) is 5.69 Å². The van der Waals surface area contributed by atoms with Crippen molar-refractivity contribution in [3.63, 3.8) is 0 Å². The molecule has 2 aliphatic rings. The number of aromatic amines is 1. The Hall–Kier alpha value is -2.64. The van der Waals surface area contributed by atoms with Crippen LogP contribution in [0.1, 0.15) is 36.1 Å². The molecule has 0 radical (unpaired) electrons. The average molecular weight is 437 g/mol. The molecule has 2 aromatic carbocycles.